The number of rotatable bonds is 6. The van der Waals surface area contributed by atoms with Gasteiger partial charge in [-0.3, -0.25) is 9.59 Å². The Bertz CT molecular complexity index is 471. The van der Waals surface area contributed by atoms with E-state index in [1.54, 1.807) is 19.1 Å². The van der Waals surface area contributed by atoms with Gasteiger partial charge in [0.25, 0.3) is 5.91 Å². The van der Waals surface area contributed by atoms with Gasteiger partial charge in [0.1, 0.15) is 5.75 Å². The van der Waals surface area contributed by atoms with E-state index in [9.17, 15) is 14.7 Å². The fraction of sp³-hybridized carbons (Fsp3) is 0.429. The molecule has 0 heterocycles. The highest BCUT2D eigenvalue weighted by molar-refractivity contribution is 5.96. The van der Waals surface area contributed by atoms with Gasteiger partial charge >= 0.3 is 5.97 Å². The highest BCUT2D eigenvalue weighted by Gasteiger charge is 2.12. The van der Waals surface area contributed by atoms with Crippen molar-refractivity contribution in [3.8, 4) is 5.75 Å². The van der Waals surface area contributed by atoms with Crippen LogP contribution in [0.3, 0.4) is 0 Å². The van der Waals surface area contributed by atoms with E-state index in [4.69, 9.17) is 5.11 Å². The first-order chi connectivity index (χ1) is 8.91. The summed E-state index contributed by atoms with van der Waals surface area (Å²) in [5.74, 6) is -0.901. The zero-order valence-electron chi connectivity index (χ0n) is 11.1. The summed E-state index contributed by atoms with van der Waals surface area (Å²) in [6.07, 6.45) is 0.622. The van der Waals surface area contributed by atoms with Gasteiger partial charge in [-0.15, -0.1) is 0 Å². The molecular weight excluding hydrogens is 246 g/mol. The van der Waals surface area contributed by atoms with Crippen LogP contribution in [0.2, 0.25) is 0 Å². The smallest absolute Gasteiger partial charge is 0.303 e. The van der Waals surface area contributed by atoms with Crippen molar-refractivity contribution < 1.29 is 19.8 Å². The lowest BCUT2D eigenvalue weighted by Crippen LogP contribution is -2.29. The number of hydrogen-bond donors (Lipinski definition) is 3. The van der Waals surface area contributed by atoms with Crippen LogP contribution in [0.25, 0.3) is 0 Å². The van der Waals surface area contributed by atoms with Gasteiger partial charge in [0.15, 0.2) is 0 Å². The molecule has 0 saturated carbocycles. The highest BCUT2D eigenvalue weighted by Crippen LogP contribution is 2.19. The standard InChI is InChI=1S/C14H19NO4/c1-9(6-7-13(17)18)8-15-14(19)11-4-3-5-12(16)10(11)2/h3-5,9,16H,6-8H2,1-2H3,(H,15,19)(H,17,18). The van der Waals surface area contributed by atoms with Crippen molar-refractivity contribution in [3.63, 3.8) is 0 Å². The van der Waals surface area contributed by atoms with Gasteiger partial charge in [-0.1, -0.05) is 13.0 Å². The van der Waals surface area contributed by atoms with Crippen molar-refractivity contribution in [2.45, 2.75) is 26.7 Å². The van der Waals surface area contributed by atoms with Crippen LogP contribution in [0.4, 0.5) is 0 Å². The maximum absolute atomic E-state index is 11.9. The number of benzene rings is 1. The molecule has 19 heavy (non-hydrogen) atoms. The SMILES string of the molecule is Cc1c(O)cccc1C(=O)NCC(C)CCC(=O)O. The molecule has 3 N–H and O–H groups in total. The quantitative estimate of drug-likeness (QED) is 0.733. The Morgan fingerprint density at radius 3 is 2.68 bits per heavy atom. The molecule has 1 aromatic rings. The normalized spacial score (nSPS) is 11.9. The Balaban J connectivity index is 2.51. The molecule has 0 aliphatic carbocycles. The Morgan fingerprint density at radius 2 is 2.05 bits per heavy atom. The second-order valence-corrected chi connectivity index (χ2v) is 4.70. The van der Waals surface area contributed by atoms with E-state index in [2.05, 4.69) is 5.32 Å². The van der Waals surface area contributed by atoms with Crippen LogP contribution >= 0.6 is 0 Å². The number of nitrogens with one attached hydrogen (secondary N) is 1. The summed E-state index contributed by atoms with van der Waals surface area (Å²) in [4.78, 5) is 22.4. The van der Waals surface area contributed by atoms with Crippen LogP contribution in [-0.4, -0.2) is 28.6 Å². The first-order valence-corrected chi connectivity index (χ1v) is 6.20. The van der Waals surface area contributed by atoms with Crippen LogP contribution in [0, 0.1) is 12.8 Å². The molecule has 5 nitrogen and oxygen atoms in total. The molecule has 1 aromatic carbocycles. The number of hydrogen-bond acceptors (Lipinski definition) is 3. The van der Waals surface area contributed by atoms with Gasteiger partial charge in [-0.2, -0.15) is 0 Å². The number of aromatic hydroxyl groups is 1. The predicted molar refractivity (Wildman–Crippen MR) is 71.2 cm³/mol. The molecule has 1 atom stereocenters. The van der Waals surface area contributed by atoms with Crippen molar-refractivity contribution >= 4 is 11.9 Å². The third kappa shape index (κ3) is 4.62. The van der Waals surface area contributed by atoms with E-state index in [1.165, 1.54) is 6.07 Å². The lowest BCUT2D eigenvalue weighted by Gasteiger charge is -2.13. The molecule has 0 fully saturated rings. The fourth-order valence-corrected chi connectivity index (χ4v) is 1.70. The molecule has 0 aliphatic rings. The molecule has 1 rings (SSSR count). The van der Waals surface area contributed by atoms with Gasteiger partial charge in [0.2, 0.25) is 0 Å². The summed E-state index contributed by atoms with van der Waals surface area (Å²) in [5, 5.41) is 20.8. The van der Waals surface area contributed by atoms with Crippen molar-refractivity contribution in [1.82, 2.24) is 5.32 Å². The number of carboxylic acid groups (broad SMARTS) is 1. The lowest BCUT2D eigenvalue weighted by molar-refractivity contribution is -0.137. The van der Waals surface area contributed by atoms with Gasteiger partial charge in [0, 0.05) is 24.1 Å². The van der Waals surface area contributed by atoms with Gasteiger partial charge < -0.3 is 15.5 Å². The molecule has 0 aromatic heterocycles. The van der Waals surface area contributed by atoms with Crippen molar-refractivity contribution in [2.24, 2.45) is 5.92 Å². The highest BCUT2D eigenvalue weighted by atomic mass is 16.4. The van der Waals surface area contributed by atoms with E-state index in [0.717, 1.165) is 0 Å². The average molecular weight is 265 g/mol. The molecule has 1 unspecified atom stereocenters. The maximum Gasteiger partial charge on any atom is 0.303 e. The number of phenolic OH excluding ortho intramolecular Hbond substituents is 1. The summed E-state index contributed by atoms with van der Waals surface area (Å²) in [6.45, 7) is 3.98. The van der Waals surface area contributed by atoms with Crippen molar-refractivity contribution in [2.75, 3.05) is 6.54 Å². The molecular formula is C14H19NO4. The third-order valence-electron chi connectivity index (χ3n) is 3.01. The molecule has 104 valence electrons. The molecule has 0 aliphatic heterocycles. The minimum absolute atomic E-state index is 0.0894. The molecule has 0 saturated heterocycles. The largest absolute Gasteiger partial charge is 0.508 e. The lowest BCUT2D eigenvalue weighted by atomic mass is 10.0. The van der Waals surface area contributed by atoms with E-state index in [1.807, 2.05) is 6.92 Å². The molecule has 5 heteroatoms. The van der Waals surface area contributed by atoms with Crippen LogP contribution in [0.1, 0.15) is 35.7 Å². The second kappa shape index (κ2) is 6.78. The fourth-order valence-electron chi connectivity index (χ4n) is 1.70. The monoisotopic (exact) mass is 265 g/mol. The topological polar surface area (TPSA) is 86.6 Å². The number of carbonyl (C=O) groups excluding carboxylic acids is 1. The van der Waals surface area contributed by atoms with Gasteiger partial charge in [-0.05, 0) is 31.4 Å². The summed E-state index contributed by atoms with van der Waals surface area (Å²) >= 11 is 0. The van der Waals surface area contributed by atoms with Gasteiger partial charge in [-0.25, -0.2) is 0 Å². The zero-order valence-corrected chi connectivity index (χ0v) is 11.1. The first-order valence-electron chi connectivity index (χ1n) is 6.20. The average Bonchev–Trinajstić information content (AvgIpc) is 2.36. The summed E-state index contributed by atoms with van der Waals surface area (Å²) in [5.41, 5.74) is 0.976. The predicted octanol–water partition coefficient (Wildman–Crippen LogP) is 1.93. The second-order valence-electron chi connectivity index (χ2n) is 4.70. The molecule has 0 bridgehead atoms. The molecule has 0 spiro atoms. The van der Waals surface area contributed by atoms with E-state index in [-0.39, 0.29) is 24.0 Å². The summed E-state index contributed by atoms with van der Waals surface area (Å²) in [7, 11) is 0. The number of phenols is 1. The molecule has 0 radical (unpaired) electrons. The molecule has 1 amide bonds. The van der Waals surface area contributed by atoms with Crippen molar-refractivity contribution in [3.05, 3.63) is 29.3 Å². The summed E-state index contributed by atoms with van der Waals surface area (Å²) < 4.78 is 0. The Labute approximate surface area is 112 Å². The maximum atomic E-state index is 11.9. The minimum atomic E-state index is -0.831. The number of carbonyl (C=O) groups is 2. The van der Waals surface area contributed by atoms with E-state index in [0.29, 0.717) is 24.1 Å². The number of aliphatic carboxylic acids is 1. The van der Waals surface area contributed by atoms with Crippen LogP contribution < -0.4 is 5.32 Å². The van der Waals surface area contributed by atoms with Crippen LogP contribution in [0.5, 0.6) is 5.75 Å². The minimum Gasteiger partial charge on any atom is -0.508 e. The van der Waals surface area contributed by atoms with E-state index >= 15 is 0 Å². The Morgan fingerprint density at radius 1 is 1.37 bits per heavy atom. The third-order valence-corrected chi connectivity index (χ3v) is 3.01. The zero-order chi connectivity index (χ0) is 14.4. The Hall–Kier alpha value is -2.04. The van der Waals surface area contributed by atoms with Crippen LogP contribution in [0.15, 0.2) is 18.2 Å². The summed E-state index contributed by atoms with van der Waals surface area (Å²) in [6, 6.07) is 4.79. The number of carboxylic acids is 1. The van der Waals surface area contributed by atoms with Crippen molar-refractivity contribution in [1.29, 1.82) is 0 Å². The van der Waals surface area contributed by atoms with E-state index < -0.39 is 5.97 Å². The Kier molecular flexibility index (Phi) is 5.36. The van der Waals surface area contributed by atoms with Gasteiger partial charge in [0.05, 0.1) is 0 Å². The first kappa shape index (κ1) is 15.0. The van der Waals surface area contributed by atoms with Crippen LogP contribution in [-0.2, 0) is 4.79 Å². The number of amides is 1.